The van der Waals surface area contributed by atoms with Gasteiger partial charge in [-0.3, -0.25) is 9.69 Å². The zero-order valence-corrected chi connectivity index (χ0v) is 17.6. The van der Waals surface area contributed by atoms with Gasteiger partial charge in [0.25, 0.3) is 0 Å². The largest absolute Gasteiger partial charge is 0.339 e. The van der Waals surface area contributed by atoms with E-state index in [-0.39, 0.29) is 23.8 Å². The van der Waals surface area contributed by atoms with Crippen molar-refractivity contribution in [3.63, 3.8) is 0 Å². The van der Waals surface area contributed by atoms with Gasteiger partial charge in [-0.25, -0.2) is 13.1 Å². The van der Waals surface area contributed by atoms with Crippen LogP contribution in [0.3, 0.4) is 0 Å². The standard InChI is InChI=1S/C20H25N3O3S2/c1-15-3-2-4-18(11-15)28(25,26)21-8-5-20(24)23-13-17(14-23)22-9-6-19-16(12-22)7-10-27-19/h2-4,7,10-11,17,21H,5-6,8-9,12-14H2,1H3. The molecule has 6 nitrogen and oxygen atoms in total. The van der Waals surface area contributed by atoms with E-state index in [4.69, 9.17) is 0 Å². The van der Waals surface area contributed by atoms with Gasteiger partial charge >= 0.3 is 0 Å². The lowest BCUT2D eigenvalue weighted by molar-refractivity contribution is -0.138. The van der Waals surface area contributed by atoms with Crippen molar-refractivity contribution in [2.75, 3.05) is 26.2 Å². The summed E-state index contributed by atoms with van der Waals surface area (Å²) in [5.74, 6) is 0.0106. The molecule has 0 radical (unpaired) electrons. The van der Waals surface area contributed by atoms with Gasteiger partial charge < -0.3 is 4.90 Å². The first-order valence-electron chi connectivity index (χ1n) is 9.56. The lowest BCUT2D eigenvalue weighted by atomic mass is 10.0. The molecule has 4 rings (SSSR count). The quantitative estimate of drug-likeness (QED) is 0.778. The van der Waals surface area contributed by atoms with Crippen LogP contribution < -0.4 is 4.72 Å². The van der Waals surface area contributed by atoms with E-state index in [0.29, 0.717) is 6.04 Å². The molecule has 1 aromatic carbocycles. The number of benzene rings is 1. The normalized spacial score (nSPS) is 18.0. The van der Waals surface area contributed by atoms with E-state index in [1.54, 1.807) is 18.2 Å². The highest BCUT2D eigenvalue weighted by atomic mass is 32.2. The number of carbonyl (C=O) groups is 1. The molecule has 2 aromatic rings. The second-order valence-electron chi connectivity index (χ2n) is 7.51. The van der Waals surface area contributed by atoms with Gasteiger partial charge in [0.1, 0.15) is 0 Å². The number of rotatable bonds is 6. The van der Waals surface area contributed by atoms with Crippen LogP contribution in [0.1, 0.15) is 22.4 Å². The summed E-state index contributed by atoms with van der Waals surface area (Å²) in [6.45, 7) is 5.48. The number of likely N-dealkylation sites (tertiary alicyclic amines) is 1. The summed E-state index contributed by atoms with van der Waals surface area (Å²) < 4.78 is 27.2. The smallest absolute Gasteiger partial charge is 0.240 e. The molecule has 0 unspecified atom stereocenters. The summed E-state index contributed by atoms with van der Waals surface area (Å²) >= 11 is 1.83. The molecule has 2 aliphatic rings. The van der Waals surface area contributed by atoms with Crippen LogP contribution in [0.5, 0.6) is 0 Å². The molecule has 150 valence electrons. The molecule has 1 amide bonds. The average Bonchev–Trinajstić information content (AvgIpc) is 3.08. The molecule has 0 aliphatic carbocycles. The fraction of sp³-hybridized carbons (Fsp3) is 0.450. The van der Waals surface area contributed by atoms with Gasteiger partial charge in [-0.1, -0.05) is 12.1 Å². The maximum atomic E-state index is 12.4. The number of nitrogens with zero attached hydrogens (tertiary/aromatic N) is 2. The molecule has 0 spiro atoms. The van der Waals surface area contributed by atoms with E-state index < -0.39 is 10.0 Å². The van der Waals surface area contributed by atoms with Crippen LogP contribution in [0.2, 0.25) is 0 Å². The number of carbonyl (C=O) groups excluding carboxylic acids is 1. The van der Waals surface area contributed by atoms with Crippen molar-refractivity contribution in [3.8, 4) is 0 Å². The predicted molar refractivity (Wildman–Crippen MR) is 110 cm³/mol. The molecule has 1 aromatic heterocycles. The highest BCUT2D eigenvalue weighted by Gasteiger charge is 2.35. The molecule has 28 heavy (non-hydrogen) atoms. The minimum atomic E-state index is -3.57. The first-order valence-corrected chi connectivity index (χ1v) is 11.9. The van der Waals surface area contributed by atoms with Crippen LogP contribution in [-0.2, 0) is 27.8 Å². The Balaban J connectivity index is 1.22. The molecular formula is C20H25N3O3S2. The van der Waals surface area contributed by atoms with Gasteiger partial charge in [0.15, 0.2) is 0 Å². The van der Waals surface area contributed by atoms with Crippen molar-refractivity contribution in [2.24, 2.45) is 0 Å². The van der Waals surface area contributed by atoms with E-state index in [0.717, 1.165) is 38.2 Å². The van der Waals surface area contributed by atoms with Crippen LogP contribution in [0.15, 0.2) is 40.6 Å². The third-order valence-corrected chi connectivity index (χ3v) is 7.98. The second-order valence-corrected chi connectivity index (χ2v) is 10.3. The highest BCUT2D eigenvalue weighted by Crippen LogP contribution is 2.27. The molecule has 0 atom stereocenters. The van der Waals surface area contributed by atoms with E-state index in [9.17, 15) is 13.2 Å². The monoisotopic (exact) mass is 419 g/mol. The van der Waals surface area contributed by atoms with Gasteiger partial charge in [0.2, 0.25) is 15.9 Å². The maximum Gasteiger partial charge on any atom is 0.240 e. The number of sulfonamides is 1. The molecule has 3 heterocycles. The molecule has 1 N–H and O–H groups in total. The molecule has 1 fully saturated rings. The maximum absolute atomic E-state index is 12.4. The fourth-order valence-electron chi connectivity index (χ4n) is 3.79. The lowest BCUT2D eigenvalue weighted by Crippen LogP contribution is -2.61. The first kappa shape index (κ1) is 19.6. The van der Waals surface area contributed by atoms with Gasteiger partial charge in [0.05, 0.1) is 4.90 Å². The Morgan fingerprint density at radius 3 is 2.89 bits per heavy atom. The molecule has 2 aliphatic heterocycles. The minimum Gasteiger partial charge on any atom is -0.339 e. The molecule has 0 bridgehead atoms. The molecule has 1 saturated heterocycles. The lowest BCUT2D eigenvalue weighted by Gasteiger charge is -2.46. The Kier molecular flexibility index (Phi) is 5.55. The van der Waals surface area contributed by atoms with Crippen LogP contribution in [-0.4, -0.2) is 56.3 Å². The van der Waals surface area contributed by atoms with Crippen molar-refractivity contribution < 1.29 is 13.2 Å². The fourth-order valence-corrected chi connectivity index (χ4v) is 5.81. The zero-order valence-electron chi connectivity index (χ0n) is 15.9. The zero-order chi connectivity index (χ0) is 19.7. The molecule has 8 heteroatoms. The predicted octanol–water partition coefficient (Wildman–Crippen LogP) is 1.99. The molecular weight excluding hydrogens is 394 g/mol. The number of nitrogens with one attached hydrogen (secondary N) is 1. The van der Waals surface area contributed by atoms with Crippen LogP contribution in [0.25, 0.3) is 0 Å². The average molecular weight is 420 g/mol. The Bertz CT molecular complexity index is 965. The van der Waals surface area contributed by atoms with Crippen LogP contribution in [0, 0.1) is 6.92 Å². The summed E-state index contributed by atoms with van der Waals surface area (Å²) in [5, 5.41) is 2.16. The van der Waals surface area contributed by atoms with Crippen molar-refractivity contribution in [1.82, 2.24) is 14.5 Å². The van der Waals surface area contributed by atoms with Crippen molar-refractivity contribution in [1.29, 1.82) is 0 Å². The van der Waals surface area contributed by atoms with Gasteiger partial charge in [-0.05, 0) is 48.1 Å². The van der Waals surface area contributed by atoms with Crippen molar-refractivity contribution in [2.45, 2.75) is 37.2 Å². The van der Waals surface area contributed by atoms with E-state index in [2.05, 4.69) is 21.1 Å². The van der Waals surface area contributed by atoms with Crippen molar-refractivity contribution in [3.05, 3.63) is 51.7 Å². The summed E-state index contributed by atoms with van der Waals surface area (Å²) in [5.41, 5.74) is 2.31. The van der Waals surface area contributed by atoms with Gasteiger partial charge in [-0.15, -0.1) is 11.3 Å². The third kappa shape index (κ3) is 4.15. The number of fused-ring (bicyclic) bond motifs is 1. The number of thiophene rings is 1. The topological polar surface area (TPSA) is 69.7 Å². The number of hydrogen-bond donors (Lipinski definition) is 1. The van der Waals surface area contributed by atoms with Crippen LogP contribution >= 0.6 is 11.3 Å². The summed E-state index contributed by atoms with van der Waals surface area (Å²) in [6, 6.07) is 9.38. The minimum absolute atomic E-state index is 0.0106. The first-order chi connectivity index (χ1) is 13.4. The third-order valence-electron chi connectivity index (χ3n) is 5.50. The number of aryl methyl sites for hydroxylation is 1. The summed E-state index contributed by atoms with van der Waals surface area (Å²) in [6.07, 6.45) is 1.28. The van der Waals surface area contributed by atoms with Crippen molar-refractivity contribution >= 4 is 27.3 Å². The van der Waals surface area contributed by atoms with E-state index in [1.165, 1.54) is 10.4 Å². The number of hydrogen-bond acceptors (Lipinski definition) is 5. The summed E-state index contributed by atoms with van der Waals surface area (Å²) in [7, 11) is -3.57. The summed E-state index contributed by atoms with van der Waals surface area (Å²) in [4.78, 5) is 18.4. The SMILES string of the molecule is Cc1cccc(S(=O)(=O)NCCC(=O)N2CC(N3CCc4sccc4C3)C2)c1. The van der Waals surface area contributed by atoms with E-state index >= 15 is 0 Å². The molecule has 0 saturated carbocycles. The Labute approximate surface area is 170 Å². The Morgan fingerprint density at radius 2 is 2.11 bits per heavy atom. The number of amides is 1. The van der Waals surface area contributed by atoms with E-state index in [1.807, 2.05) is 29.2 Å². The Hall–Kier alpha value is -1.74. The Morgan fingerprint density at radius 1 is 1.29 bits per heavy atom. The van der Waals surface area contributed by atoms with Crippen LogP contribution in [0.4, 0.5) is 0 Å². The second kappa shape index (κ2) is 7.94. The van der Waals surface area contributed by atoms with Gasteiger partial charge in [0, 0.05) is 50.1 Å². The highest BCUT2D eigenvalue weighted by molar-refractivity contribution is 7.89. The van der Waals surface area contributed by atoms with Gasteiger partial charge in [-0.2, -0.15) is 0 Å².